The summed E-state index contributed by atoms with van der Waals surface area (Å²) in [5, 5.41) is 1.65. The highest BCUT2D eigenvalue weighted by molar-refractivity contribution is 7.18. The Bertz CT molecular complexity index is 764. The number of thiazole rings is 1. The summed E-state index contributed by atoms with van der Waals surface area (Å²) in [6, 6.07) is 12.8. The Labute approximate surface area is 130 Å². The van der Waals surface area contributed by atoms with Crippen LogP contribution in [-0.2, 0) is 6.42 Å². The van der Waals surface area contributed by atoms with E-state index in [4.69, 9.17) is 23.2 Å². The third-order valence-corrected chi connectivity index (χ3v) is 4.67. The zero-order valence-electron chi connectivity index (χ0n) is 10.3. The highest BCUT2D eigenvalue weighted by Crippen LogP contribution is 2.25. The number of Topliss-reactive ketones (excluding diaryl/α,β-unsaturated/α-hetero) is 1. The number of rotatable bonds is 3. The van der Waals surface area contributed by atoms with Gasteiger partial charge in [-0.1, -0.05) is 35.3 Å². The van der Waals surface area contributed by atoms with E-state index < -0.39 is 0 Å². The molecule has 0 aliphatic rings. The van der Waals surface area contributed by atoms with Crippen molar-refractivity contribution in [2.75, 3.05) is 0 Å². The molecule has 0 aliphatic heterocycles. The fraction of sp³-hybridized carbons (Fsp3) is 0.0667. The minimum atomic E-state index is -0.0115. The lowest BCUT2D eigenvalue weighted by Gasteiger charge is -2.01. The van der Waals surface area contributed by atoms with Crippen molar-refractivity contribution in [3.63, 3.8) is 0 Å². The van der Waals surface area contributed by atoms with E-state index in [1.807, 2.05) is 24.3 Å². The summed E-state index contributed by atoms with van der Waals surface area (Å²) in [5.74, 6) is -0.0115. The highest BCUT2D eigenvalue weighted by Gasteiger charge is 2.12. The first-order chi connectivity index (χ1) is 9.63. The van der Waals surface area contributed by atoms with Crippen LogP contribution in [0.3, 0.4) is 0 Å². The van der Waals surface area contributed by atoms with E-state index in [1.165, 1.54) is 11.3 Å². The molecule has 0 saturated carbocycles. The van der Waals surface area contributed by atoms with Gasteiger partial charge in [0, 0.05) is 5.56 Å². The van der Waals surface area contributed by atoms with Crippen molar-refractivity contribution in [3.05, 3.63) is 63.1 Å². The maximum absolute atomic E-state index is 12.2. The van der Waals surface area contributed by atoms with E-state index in [-0.39, 0.29) is 12.2 Å². The third-order valence-electron chi connectivity index (χ3n) is 2.89. The number of aromatic nitrogens is 1. The first-order valence-corrected chi connectivity index (χ1v) is 7.53. The number of halogens is 2. The summed E-state index contributed by atoms with van der Waals surface area (Å²) in [7, 11) is 0. The van der Waals surface area contributed by atoms with Gasteiger partial charge in [0.15, 0.2) is 5.78 Å². The Morgan fingerprint density at radius 1 is 1.10 bits per heavy atom. The number of para-hydroxylation sites is 1. The molecule has 2 nitrogen and oxygen atoms in total. The lowest BCUT2D eigenvalue weighted by molar-refractivity contribution is 0.0993. The molecule has 1 heterocycles. The maximum atomic E-state index is 12.2. The van der Waals surface area contributed by atoms with Crippen LogP contribution in [0.15, 0.2) is 42.5 Å². The molecule has 0 saturated heterocycles. The molecule has 0 aliphatic carbocycles. The van der Waals surface area contributed by atoms with Crippen LogP contribution in [0.25, 0.3) is 10.2 Å². The van der Waals surface area contributed by atoms with Crippen molar-refractivity contribution >= 4 is 50.5 Å². The van der Waals surface area contributed by atoms with Crippen molar-refractivity contribution in [1.82, 2.24) is 4.98 Å². The second-order valence-corrected chi connectivity index (χ2v) is 6.23. The predicted molar refractivity (Wildman–Crippen MR) is 84.1 cm³/mol. The summed E-state index contributed by atoms with van der Waals surface area (Å²) >= 11 is 13.3. The van der Waals surface area contributed by atoms with E-state index in [2.05, 4.69) is 4.98 Å². The van der Waals surface area contributed by atoms with E-state index >= 15 is 0 Å². The average molecular weight is 322 g/mol. The van der Waals surface area contributed by atoms with Crippen molar-refractivity contribution in [3.8, 4) is 0 Å². The number of nitrogens with zero attached hydrogens (tertiary/aromatic N) is 1. The van der Waals surface area contributed by atoms with Gasteiger partial charge >= 0.3 is 0 Å². The maximum Gasteiger partial charge on any atom is 0.169 e. The predicted octanol–water partition coefficient (Wildman–Crippen LogP) is 5.03. The van der Waals surface area contributed by atoms with Crippen molar-refractivity contribution in [2.45, 2.75) is 6.42 Å². The zero-order valence-corrected chi connectivity index (χ0v) is 12.6. The van der Waals surface area contributed by atoms with Crippen LogP contribution < -0.4 is 0 Å². The van der Waals surface area contributed by atoms with Crippen molar-refractivity contribution in [2.24, 2.45) is 0 Å². The number of fused-ring (bicyclic) bond motifs is 1. The van der Waals surface area contributed by atoms with Crippen LogP contribution in [0.4, 0.5) is 0 Å². The zero-order chi connectivity index (χ0) is 14.1. The lowest BCUT2D eigenvalue weighted by Crippen LogP contribution is -2.03. The first-order valence-electron chi connectivity index (χ1n) is 5.96. The van der Waals surface area contributed by atoms with Gasteiger partial charge in [-0.3, -0.25) is 4.79 Å². The second kappa shape index (κ2) is 5.52. The Hall–Kier alpha value is -1.42. The van der Waals surface area contributed by atoms with Gasteiger partial charge in [0.05, 0.1) is 26.7 Å². The summed E-state index contributed by atoms with van der Waals surface area (Å²) in [6.45, 7) is 0. The Kier molecular flexibility index (Phi) is 3.74. The third kappa shape index (κ3) is 2.70. The molecule has 3 rings (SSSR count). The molecular weight excluding hydrogens is 313 g/mol. The van der Waals surface area contributed by atoms with Crippen molar-refractivity contribution < 1.29 is 4.79 Å². The summed E-state index contributed by atoms with van der Waals surface area (Å²) in [6.07, 6.45) is 0.275. The van der Waals surface area contributed by atoms with Gasteiger partial charge in [0.2, 0.25) is 0 Å². The number of carbonyl (C=O) groups excluding carboxylic acids is 1. The van der Waals surface area contributed by atoms with Gasteiger partial charge in [0.25, 0.3) is 0 Å². The smallest absolute Gasteiger partial charge is 0.169 e. The Balaban J connectivity index is 1.86. The molecule has 0 N–H and O–H groups in total. The monoisotopic (exact) mass is 321 g/mol. The van der Waals surface area contributed by atoms with Gasteiger partial charge in [-0.2, -0.15) is 0 Å². The average Bonchev–Trinajstić information content (AvgIpc) is 2.83. The molecule has 0 bridgehead atoms. The van der Waals surface area contributed by atoms with Crippen LogP contribution in [0.2, 0.25) is 10.0 Å². The van der Waals surface area contributed by atoms with Crippen LogP contribution >= 0.6 is 34.5 Å². The fourth-order valence-electron chi connectivity index (χ4n) is 1.90. The summed E-state index contributed by atoms with van der Waals surface area (Å²) in [4.78, 5) is 16.7. The number of carbonyl (C=O) groups is 1. The summed E-state index contributed by atoms with van der Waals surface area (Å²) in [5.41, 5.74) is 1.48. The Morgan fingerprint density at radius 2 is 1.90 bits per heavy atom. The molecular formula is C15H9Cl2NOS. The molecule has 0 unspecified atom stereocenters. The molecule has 0 spiro atoms. The van der Waals surface area contributed by atoms with Gasteiger partial charge in [-0.25, -0.2) is 4.98 Å². The molecule has 20 heavy (non-hydrogen) atoms. The van der Waals surface area contributed by atoms with E-state index in [0.29, 0.717) is 15.6 Å². The van der Waals surface area contributed by atoms with Crippen LogP contribution in [-0.4, -0.2) is 10.8 Å². The molecule has 100 valence electrons. The second-order valence-electron chi connectivity index (χ2n) is 4.30. The van der Waals surface area contributed by atoms with E-state index in [0.717, 1.165) is 15.2 Å². The van der Waals surface area contributed by atoms with Crippen LogP contribution in [0.5, 0.6) is 0 Å². The SMILES string of the molecule is O=C(Cc1nc2ccccc2s1)c1ccc(Cl)c(Cl)c1. The normalized spacial score (nSPS) is 10.9. The van der Waals surface area contributed by atoms with Gasteiger partial charge in [-0.15, -0.1) is 11.3 Å². The summed E-state index contributed by atoms with van der Waals surface area (Å²) < 4.78 is 1.09. The quantitative estimate of drug-likeness (QED) is 0.633. The lowest BCUT2D eigenvalue weighted by atomic mass is 10.1. The minimum Gasteiger partial charge on any atom is -0.294 e. The number of hydrogen-bond acceptors (Lipinski definition) is 3. The van der Waals surface area contributed by atoms with Gasteiger partial charge in [-0.05, 0) is 30.3 Å². The number of ketones is 1. The molecule has 5 heteroatoms. The largest absolute Gasteiger partial charge is 0.294 e. The van der Waals surface area contributed by atoms with Gasteiger partial charge < -0.3 is 0 Å². The molecule has 0 radical (unpaired) electrons. The molecule has 0 amide bonds. The molecule has 0 fully saturated rings. The Morgan fingerprint density at radius 3 is 2.65 bits per heavy atom. The van der Waals surface area contributed by atoms with E-state index in [1.54, 1.807) is 18.2 Å². The standard InChI is InChI=1S/C15H9Cl2NOS/c16-10-6-5-9(7-11(10)17)13(19)8-15-18-12-3-1-2-4-14(12)20-15/h1-7H,8H2. The molecule has 2 aromatic carbocycles. The number of hydrogen-bond donors (Lipinski definition) is 0. The highest BCUT2D eigenvalue weighted by atomic mass is 35.5. The molecule has 3 aromatic rings. The van der Waals surface area contributed by atoms with Crippen LogP contribution in [0, 0.1) is 0 Å². The number of benzene rings is 2. The molecule has 0 atom stereocenters. The fourth-order valence-corrected chi connectivity index (χ4v) is 3.17. The first kappa shape index (κ1) is 13.6. The minimum absolute atomic E-state index is 0.0115. The van der Waals surface area contributed by atoms with E-state index in [9.17, 15) is 4.79 Å². The molecule has 1 aromatic heterocycles. The topological polar surface area (TPSA) is 30.0 Å². The van der Waals surface area contributed by atoms with Crippen molar-refractivity contribution in [1.29, 1.82) is 0 Å². The van der Waals surface area contributed by atoms with Gasteiger partial charge in [0.1, 0.15) is 5.01 Å². The van der Waals surface area contributed by atoms with Crippen LogP contribution in [0.1, 0.15) is 15.4 Å².